The smallest absolute Gasteiger partial charge is 0.214 e. The molecule has 3 aromatic rings. The van der Waals surface area contributed by atoms with E-state index < -0.39 is 0 Å². The molecule has 0 spiro atoms. The summed E-state index contributed by atoms with van der Waals surface area (Å²) in [4.78, 5) is 11.3. The molecule has 2 aromatic heterocycles. The Kier molecular flexibility index (Phi) is 8.91. The van der Waals surface area contributed by atoms with Crippen molar-refractivity contribution < 1.29 is 4.42 Å². The lowest BCUT2D eigenvalue weighted by Crippen LogP contribution is -2.48. The van der Waals surface area contributed by atoms with E-state index in [1.807, 2.05) is 0 Å². The number of benzene rings is 1. The maximum Gasteiger partial charge on any atom is 0.214 e. The van der Waals surface area contributed by atoms with Gasteiger partial charge in [0.05, 0.1) is 12.7 Å². The molecule has 0 unspecified atom stereocenters. The quantitative estimate of drug-likeness (QED) is 0.265. The summed E-state index contributed by atoms with van der Waals surface area (Å²) >= 11 is 1.77. The molecule has 3 heterocycles. The molecule has 0 amide bonds. The molecule has 31 heavy (non-hydrogen) atoms. The van der Waals surface area contributed by atoms with E-state index in [2.05, 4.69) is 73.5 Å². The minimum absolute atomic E-state index is 0. The maximum absolute atomic E-state index is 5.90. The number of likely N-dealkylation sites (tertiary alicyclic amines) is 1. The first kappa shape index (κ1) is 23.7. The van der Waals surface area contributed by atoms with Crippen LogP contribution in [0.25, 0.3) is 11.3 Å². The third-order valence-corrected chi connectivity index (χ3v) is 6.17. The summed E-state index contributed by atoms with van der Waals surface area (Å²) < 4.78 is 5.90. The lowest BCUT2D eigenvalue weighted by atomic mass is 10.0. The fourth-order valence-electron chi connectivity index (χ4n) is 3.67. The van der Waals surface area contributed by atoms with E-state index in [-0.39, 0.29) is 24.0 Å². The van der Waals surface area contributed by atoms with Crippen LogP contribution in [0.2, 0.25) is 0 Å². The largest absolute Gasteiger partial charge is 0.439 e. The van der Waals surface area contributed by atoms with Crippen molar-refractivity contribution in [1.82, 2.24) is 20.5 Å². The van der Waals surface area contributed by atoms with E-state index in [4.69, 9.17) is 4.42 Å². The normalized spacial score (nSPS) is 15.5. The van der Waals surface area contributed by atoms with Crippen molar-refractivity contribution in [2.24, 2.45) is 4.99 Å². The van der Waals surface area contributed by atoms with Gasteiger partial charge < -0.3 is 15.1 Å². The number of aromatic nitrogens is 1. The van der Waals surface area contributed by atoms with Crippen LogP contribution in [0.15, 0.2) is 56.7 Å². The van der Waals surface area contributed by atoms with Crippen molar-refractivity contribution in [2.75, 3.05) is 20.1 Å². The van der Waals surface area contributed by atoms with Gasteiger partial charge in [0, 0.05) is 38.3 Å². The van der Waals surface area contributed by atoms with Gasteiger partial charge in [0.15, 0.2) is 11.7 Å². The monoisotopic (exact) mass is 551 g/mol. The fourth-order valence-corrected chi connectivity index (χ4v) is 4.33. The SMILES string of the molecule is CN=C(NCc1ncc(-c2ccc(C)cc2)o1)NC1CCN(Cc2ccsc2)CC1.I. The van der Waals surface area contributed by atoms with Crippen molar-refractivity contribution in [3.63, 3.8) is 0 Å². The van der Waals surface area contributed by atoms with Crippen molar-refractivity contribution in [1.29, 1.82) is 0 Å². The molecule has 4 rings (SSSR count). The molecule has 1 fully saturated rings. The van der Waals surface area contributed by atoms with Crippen LogP contribution in [-0.4, -0.2) is 42.0 Å². The van der Waals surface area contributed by atoms with E-state index >= 15 is 0 Å². The molecule has 1 aliphatic rings. The number of nitrogens with one attached hydrogen (secondary N) is 2. The molecule has 0 atom stereocenters. The summed E-state index contributed by atoms with van der Waals surface area (Å²) in [6.07, 6.45) is 4.00. The van der Waals surface area contributed by atoms with Gasteiger partial charge in [-0.15, -0.1) is 24.0 Å². The van der Waals surface area contributed by atoms with Crippen LogP contribution < -0.4 is 10.6 Å². The molecule has 8 heteroatoms. The second-order valence-corrected chi connectivity index (χ2v) is 8.52. The molecule has 6 nitrogen and oxygen atoms in total. The van der Waals surface area contributed by atoms with Crippen LogP contribution >= 0.6 is 35.3 Å². The van der Waals surface area contributed by atoms with Crippen LogP contribution in [0.3, 0.4) is 0 Å². The summed E-state index contributed by atoms with van der Waals surface area (Å²) in [5, 5.41) is 11.3. The summed E-state index contributed by atoms with van der Waals surface area (Å²) in [6, 6.07) is 10.9. The van der Waals surface area contributed by atoms with Crippen LogP contribution in [0, 0.1) is 6.92 Å². The predicted molar refractivity (Wildman–Crippen MR) is 138 cm³/mol. The average Bonchev–Trinajstić information content (AvgIpc) is 3.45. The Morgan fingerprint density at radius 1 is 1.23 bits per heavy atom. The van der Waals surface area contributed by atoms with Gasteiger partial charge in [0.25, 0.3) is 0 Å². The number of piperidine rings is 1. The topological polar surface area (TPSA) is 65.7 Å². The number of rotatable bonds is 6. The summed E-state index contributed by atoms with van der Waals surface area (Å²) in [6.45, 7) is 5.83. The van der Waals surface area contributed by atoms with Gasteiger partial charge >= 0.3 is 0 Å². The Morgan fingerprint density at radius 2 is 2.00 bits per heavy atom. The third kappa shape index (κ3) is 6.78. The standard InChI is InChI=1S/C23H29N5OS.HI/c1-17-3-5-19(6-4-17)21-13-25-22(29-21)14-26-23(24-2)27-20-7-10-28(11-8-20)15-18-9-12-30-16-18;/h3-6,9,12-13,16,20H,7-8,10-11,14-15H2,1-2H3,(H2,24,26,27);1H. The molecule has 1 aliphatic heterocycles. The highest BCUT2D eigenvalue weighted by molar-refractivity contribution is 14.0. The van der Waals surface area contributed by atoms with Gasteiger partial charge in [-0.2, -0.15) is 11.3 Å². The Hall–Kier alpha value is -1.91. The summed E-state index contributed by atoms with van der Waals surface area (Å²) in [7, 11) is 1.80. The van der Waals surface area contributed by atoms with Gasteiger partial charge in [-0.05, 0) is 42.2 Å². The van der Waals surface area contributed by atoms with Gasteiger partial charge in [0.1, 0.15) is 0 Å². The van der Waals surface area contributed by atoms with Crippen LogP contribution in [0.1, 0.15) is 29.9 Å². The third-order valence-electron chi connectivity index (χ3n) is 5.44. The summed E-state index contributed by atoms with van der Waals surface area (Å²) in [5.41, 5.74) is 3.68. The Morgan fingerprint density at radius 3 is 2.68 bits per heavy atom. The van der Waals surface area contributed by atoms with E-state index in [9.17, 15) is 0 Å². The highest BCUT2D eigenvalue weighted by atomic mass is 127. The van der Waals surface area contributed by atoms with Crippen molar-refractivity contribution in [2.45, 2.75) is 38.9 Å². The molecule has 166 valence electrons. The number of hydrogen-bond donors (Lipinski definition) is 2. The van der Waals surface area contributed by atoms with Gasteiger partial charge in [-0.1, -0.05) is 29.8 Å². The number of thiophene rings is 1. The Bertz CT molecular complexity index is 947. The molecule has 1 saturated heterocycles. The predicted octanol–water partition coefficient (Wildman–Crippen LogP) is 4.66. The van der Waals surface area contributed by atoms with E-state index in [0.717, 1.165) is 49.8 Å². The van der Waals surface area contributed by atoms with Crippen molar-refractivity contribution >= 4 is 41.3 Å². The van der Waals surface area contributed by atoms with Crippen molar-refractivity contribution in [3.8, 4) is 11.3 Å². The molecular formula is C23H30IN5OS. The van der Waals surface area contributed by atoms with E-state index in [0.29, 0.717) is 18.5 Å². The number of hydrogen-bond acceptors (Lipinski definition) is 5. The van der Waals surface area contributed by atoms with Gasteiger partial charge in [-0.3, -0.25) is 9.89 Å². The molecule has 0 aliphatic carbocycles. The number of guanidine groups is 1. The molecule has 1 aromatic carbocycles. The number of oxazole rings is 1. The highest BCUT2D eigenvalue weighted by Gasteiger charge is 2.20. The molecule has 0 bridgehead atoms. The highest BCUT2D eigenvalue weighted by Crippen LogP contribution is 2.20. The second kappa shape index (κ2) is 11.6. The minimum atomic E-state index is 0. The lowest BCUT2D eigenvalue weighted by molar-refractivity contribution is 0.198. The average molecular weight is 551 g/mol. The number of nitrogens with zero attached hydrogens (tertiary/aromatic N) is 3. The zero-order valence-corrected chi connectivity index (χ0v) is 21.2. The molecule has 0 radical (unpaired) electrons. The van der Waals surface area contributed by atoms with Crippen molar-refractivity contribution in [3.05, 3.63) is 64.3 Å². The van der Waals surface area contributed by atoms with E-state index in [1.165, 1.54) is 11.1 Å². The number of halogens is 1. The fraction of sp³-hybridized carbons (Fsp3) is 0.391. The summed E-state index contributed by atoms with van der Waals surface area (Å²) in [5.74, 6) is 2.23. The zero-order chi connectivity index (χ0) is 20.8. The molecular weight excluding hydrogens is 521 g/mol. The Balaban J connectivity index is 0.00000272. The van der Waals surface area contributed by atoms with Crippen LogP contribution in [-0.2, 0) is 13.1 Å². The first-order valence-corrected chi connectivity index (χ1v) is 11.4. The minimum Gasteiger partial charge on any atom is -0.439 e. The first-order valence-electron chi connectivity index (χ1n) is 10.4. The molecule has 0 saturated carbocycles. The number of aryl methyl sites for hydroxylation is 1. The van der Waals surface area contributed by atoms with E-state index in [1.54, 1.807) is 24.6 Å². The Labute approximate surface area is 205 Å². The lowest BCUT2D eigenvalue weighted by Gasteiger charge is -2.32. The van der Waals surface area contributed by atoms with Gasteiger partial charge in [-0.25, -0.2) is 4.98 Å². The second-order valence-electron chi connectivity index (χ2n) is 7.74. The maximum atomic E-state index is 5.90. The molecule has 2 N–H and O–H groups in total. The van der Waals surface area contributed by atoms with Crippen LogP contribution in [0.5, 0.6) is 0 Å². The zero-order valence-electron chi connectivity index (χ0n) is 18.0. The first-order chi connectivity index (χ1) is 14.7. The van der Waals surface area contributed by atoms with Crippen LogP contribution in [0.4, 0.5) is 0 Å². The van der Waals surface area contributed by atoms with Gasteiger partial charge in [0.2, 0.25) is 5.89 Å². The number of aliphatic imine (C=N–C) groups is 1.